The minimum absolute atomic E-state index is 0.00649. The summed E-state index contributed by atoms with van der Waals surface area (Å²) in [4.78, 5) is 29.3. The van der Waals surface area contributed by atoms with Gasteiger partial charge in [0.1, 0.15) is 11.0 Å². The van der Waals surface area contributed by atoms with Gasteiger partial charge in [-0.2, -0.15) is 9.97 Å². The van der Waals surface area contributed by atoms with Gasteiger partial charge in [-0.1, -0.05) is 0 Å². The molecule has 218 valence electrons. The molecule has 0 bridgehead atoms. The average molecular weight is 547 g/mol. The molecule has 0 radical (unpaired) electrons. The predicted octanol–water partition coefficient (Wildman–Crippen LogP) is 1.94. The first-order valence-electron chi connectivity index (χ1n) is 14.4. The van der Waals surface area contributed by atoms with Gasteiger partial charge in [-0.25, -0.2) is 9.97 Å². The molecule has 0 atom stereocenters. The van der Waals surface area contributed by atoms with Crippen LogP contribution in [-0.4, -0.2) is 125 Å². The van der Waals surface area contributed by atoms with E-state index in [-0.39, 0.29) is 6.61 Å². The standard InChI is InChI=1S/C27H46N8O4/c1-37-19-15-34(14-18-36)26-28-22-23(24(30-26)32-10-6-4-7-11-32)29-27(35(16-20-38-2)17-21-39-3)31-25(22)33-12-8-5-9-13-33/h36H,4-21H2,1-3H3. The molecule has 0 amide bonds. The highest BCUT2D eigenvalue weighted by atomic mass is 16.5. The molecule has 2 aromatic rings. The van der Waals surface area contributed by atoms with Gasteiger partial charge in [0.15, 0.2) is 11.6 Å². The number of aliphatic hydroxyl groups excluding tert-OH is 1. The van der Waals surface area contributed by atoms with Crippen LogP contribution in [0.25, 0.3) is 11.0 Å². The average Bonchev–Trinajstić information content (AvgIpc) is 2.99. The van der Waals surface area contributed by atoms with Crippen molar-refractivity contribution in [1.29, 1.82) is 0 Å². The second-order valence-electron chi connectivity index (χ2n) is 10.2. The number of piperidine rings is 2. The van der Waals surface area contributed by atoms with E-state index >= 15 is 0 Å². The summed E-state index contributed by atoms with van der Waals surface area (Å²) in [6, 6.07) is 0. The maximum absolute atomic E-state index is 9.82. The third kappa shape index (κ3) is 7.56. The Balaban J connectivity index is 1.91. The second-order valence-corrected chi connectivity index (χ2v) is 10.2. The third-order valence-electron chi connectivity index (χ3n) is 7.43. The van der Waals surface area contributed by atoms with Gasteiger partial charge >= 0.3 is 0 Å². The molecule has 1 N–H and O–H groups in total. The summed E-state index contributed by atoms with van der Waals surface area (Å²) < 4.78 is 16.2. The number of nitrogens with zero attached hydrogens (tertiary/aromatic N) is 8. The zero-order valence-electron chi connectivity index (χ0n) is 24.0. The van der Waals surface area contributed by atoms with Gasteiger partial charge in [0, 0.05) is 73.7 Å². The second kappa shape index (κ2) is 15.3. The van der Waals surface area contributed by atoms with E-state index in [2.05, 4.69) is 14.7 Å². The molecule has 2 saturated heterocycles. The van der Waals surface area contributed by atoms with Crippen LogP contribution in [0.1, 0.15) is 38.5 Å². The van der Waals surface area contributed by atoms with Crippen molar-refractivity contribution in [3.05, 3.63) is 0 Å². The molecule has 12 heteroatoms. The summed E-state index contributed by atoms with van der Waals surface area (Å²) >= 11 is 0. The number of aromatic nitrogens is 4. The summed E-state index contributed by atoms with van der Waals surface area (Å²) in [5, 5.41) is 9.82. The van der Waals surface area contributed by atoms with Crippen LogP contribution in [0, 0.1) is 0 Å². The van der Waals surface area contributed by atoms with Crippen LogP contribution in [0.2, 0.25) is 0 Å². The van der Waals surface area contributed by atoms with Crippen molar-refractivity contribution >= 4 is 34.6 Å². The van der Waals surface area contributed by atoms with Crippen molar-refractivity contribution in [2.24, 2.45) is 0 Å². The zero-order valence-corrected chi connectivity index (χ0v) is 24.0. The molecule has 0 unspecified atom stereocenters. The van der Waals surface area contributed by atoms with Crippen molar-refractivity contribution in [2.45, 2.75) is 38.5 Å². The lowest BCUT2D eigenvalue weighted by molar-refractivity contribution is 0.189. The highest BCUT2D eigenvalue weighted by molar-refractivity contribution is 5.95. The Morgan fingerprint density at radius 2 is 0.974 bits per heavy atom. The van der Waals surface area contributed by atoms with Gasteiger partial charge in [-0.3, -0.25) is 0 Å². The fourth-order valence-electron chi connectivity index (χ4n) is 5.25. The summed E-state index contributed by atoms with van der Waals surface area (Å²) in [5.74, 6) is 2.93. The Morgan fingerprint density at radius 1 is 0.590 bits per heavy atom. The summed E-state index contributed by atoms with van der Waals surface area (Å²) in [5.41, 5.74) is 1.55. The summed E-state index contributed by atoms with van der Waals surface area (Å²) in [7, 11) is 5.10. The van der Waals surface area contributed by atoms with Crippen LogP contribution < -0.4 is 19.6 Å². The molecule has 12 nitrogen and oxygen atoms in total. The van der Waals surface area contributed by atoms with Crippen LogP contribution in [0.5, 0.6) is 0 Å². The Bertz CT molecular complexity index is 1010. The van der Waals surface area contributed by atoms with Crippen LogP contribution in [0.3, 0.4) is 0 Å². The van der Waals surface area contributed by atoms with E-state index in [1.807, 2.05) is 4.90 Å². The maximum Gasteiger partial charge on any atom is 0.228 e. The smallest absolute Gasteiger partial charge is 0.228 e. The molecular weight excluding hydrogens is 500 g/mol. The number of hydrogen-bond donors (Lipinski definition) is 1. The lowest BCUT2D eigenvalue weighted by atomic mass is 10.1. The highest BCUT2D eigenvalue weighted by Gasteiger charge is 2.27. The first kappa shape index (κ1) is 29.4. The third-order valence-corrected chi connectivity index (χ3v) is 7.43. The number of fused-ring (bicyclic) bond motifs is 1. The van der Waals surface area contributed by atoms with Crippen LogP contribution >= 0.6 is 0 Å². The minimum Gasteiger partial charge on any atom is -0.395 e. The van der Waals surface area contributed by atoms with E-state index in [0.717, 1.165) is 74.5 Å². The number of hydrogen-bond acceptors (Lipinski definition) is 12. The van der Waals surface area contributed by atoms with Gasteiger partial charge in [0.05, 0.1) is 26.4 Å². The Morgan fingerprint density at radius 3 is 1.33 bits per heavy atom. The molecule has 39 heavy (non-hydrogen) atoms. The normalized spacial score (nSPS) is 16.2. The first-order chi connectivity index (χ1) is 19.2. The Kier molecular flexibility index (Phi) is 11.6. The molecule has 0 saturated carbocycles. The van der Waals surface area contributed by atoms with Crippen molar-refractivity contribution < 1.29 is 19.3 Å². The topological polar surface area (TPSA) is 112 Å². The van der Waals surface area contributed by atoms with E-state index in [1.54, 1.807) is 21.3 Å². The van der Waals surface area contributed by atoms with Crippen molar-refractivity contribution in [3.63, 3.8) is 0 Å². The lowest BCUT2D eigenvalue weighted by Crippen LogP contribution is -2.36. The van der Waals surface area contributed by atoms with E-state index in [1.165, 1.54) is 12.8 Å². The van der Waals surface area contributed by atoms with E-state index < -0.39 is 0 Å². The quantitative estimate of drug-likeness (QED) is 0.352. The van der Waals surface area contributed by atoms with Crippen LogP contribution in [0.4, 0.5) is 23.5 Å². The number of anilines is 4. The number of ether oxygens (including phenoxy) is 3. The molecule has 2 aliphatic heterocycles. The molecule has 0 aromatic carbocycles. The monoisotopic (exact) mass is 546 g/mol. The Labute approximate surface area is 232 Å². The zero-order chi connectivity index (χ0) is 27.5. The predicted molar refractivity (Wildman–Crippen MR) is 154 cm³/mol. The fraction of sp³-hybridized carbons (Fsp3) is 0.778. The molecule has 2 aliphatic rings. The lowest BCUT2D eigenvalue weighted by Gasteiger charge is -2.33. The molecule has 0 spiro atoms. The minimum atomic E-state index is 0.00649. The van der Waals surface area contributed by atoms with E-state index in [0.29, 0.717) is 57.9 Å². The van der Waals surface area contributed by atoms with Crippen molar-refractivity contribution in [3.8, 4) is 0 Å². The van der Waals surface area contributed by atoms with Gasteiger partial charge in [-0.15, -0.1) is 0 Å². The molecule has 4 heterocycles. The summed E-state index contributed by atoms with van der Waals surface area (Å²) in [6.07, 6.45) is 6.93. The van der Waals surface area contributed by atoms with Crippen molar-refractivity contribution in [1.82, 2.24) is 19.9 Å². The number of methoxy groups -OCH3 is 3. The van der Waals surface area contributed by atoms with Gasteiger partial charge in [0.25, 0.3) is 0 Å². The number of rotatable bonds is 15. The summed E-state index contributed by atoms with van der Waals surface area (Å²) in [6.45, 7) is 7.70. The van der Waals surface area contributed by atoms with Crippen molar-refractivity contribution in [2.75, 3.05) is 120 Å². The van der Waals surface area contributed by atoms with E-state index in [9.17, 15) is 5.11 Å². The van der Waals surface area contributed by atoms with Gasteiger partial charge in [0.2, 0.25) is 11.9 Å². The maximum atomic E-state index is 9.82. The fourth-order valence-corrected chi connectivity index (χ4v) is 5.25. The molecule has 4 rings (SSSR count). The van der Waals surface area contributed by atoms with Gasteiger partial charge in [-0.05, 0) is 38.5 Å². The SMILES string of the molecule is COCCN(CCO)c1nc(N2CCCCC2)c2nc(N(CCOC)CCOC)nc(N3CCCCC3)c2n1. The molecule has 0 aliphatic carbocycles. The van der Waals surface area contributed by atoms with Crippen LogP contribution in [-0.2, 0) is 14.2 Å². The molecule has 2 aromatic heterocycles. The highest BCUT2D eigenvalue weighted by Crippen LogP contribution is 2.34. The number of aliphatic hydroxyl groups is 1. The van der Waals surface area contributed by atoms with E-state index in [4.69, 9.17) is 34.1 Å². The Hall–Kier alpha value is -2.54. The van der Waals surface area contributed by atoms with Gasteiger partial charge < -0.3 is 38.9 Å². The first-order valence-corrected chi connectivity index (χ1v) is 14.4. The largest absolute Gasteiger partial charge is 0.395 e. The molecule has 2 fully saturated rings. The molecular formula is C27H46N8O4. The van der Waals surface area contributed by atoms with Crippen LogP contribution in [0.15, 0.2) is 0 Å².